The second-order valence-electron chi connectivity index (χ2n) is 18.6. The number of halogens is 10. The average molecular weight is 1470 g/mol. The Bertz CT molecular complexity index is 3900. The van der Waals surface area contributed by atoms with E-state index in [2.05, 4.69) is 4.74 Å². The zero-order valence-corrected chi connectivity index (χ0v) is 56.7. The normalized spacial score (nSPS) is 10.2. The van der Waals surface area contributed by atoms with Crippen LogP contribution in [0.5, 0.6) is 23.0 Å². The number of ether oxygens (including phenoxy) is 4. The summed E-state index contributed by atoms with van der Waals surface area (Å²) in [6.07, 6.45) is 0.301. The summed E-state index contributed by atoms with van der Waals surface area (Å²) in [5, 5.41) is 37.5. The van der Waals surface area contributed by atoms with E-state index in [4.69, 9.17) is 141 Å². The number of phenolic OH excluding ortho intramolecular Hbond substituents is 2. The first-order valence-electron chi connectivity index (χ1n) is 27.7. The summed E-state index contributed by atoms with van der Waals surface area (Å²) in [5.74, 6) is -2.92. The second kappa shape index (κ2) is 40.2. The van der Waals surface area contributed by atoms with E-state index < -0.39 is 36.3 Å². The molecule has 8 rings (SSSR count). The third-order valence-corrected chi connectivity index (χ3v) is 14.6. The summed E-state index contributed by atoms with van der Waals surface area (Å²) < 4.78 is 35.6. The Morgan fingerprint density at radius 1 is 0.426 bits per heavy atom. The first-order valence-corrected chi connectivity index (χ1v) is 30.4. The number of aromatic hydroxyl groups is 2. The number of benzene rings is 8. The molecule has 0 aliphatic carbocycles. The molecule has 0 saturated carbocycles. The number of ketones is 3. The molecule has 0 heterocycles. The number of rotatable bonds is 19. The van der Waals surface area contributed by atoms with Gasteiger partial charge in [0.25, 0.3) is 5.24 Å². The van der Waals surface area contributed by atoms with Gasteiger partial charge in [-0.3, -0.25) is 23.6 Å². The third-order valence-electron chi connectivity index (χ3n) is 12.1. The first kappa shape index (κ1) is 78.3. The van der Waals surface area contributed by atoms with Crippen molar-refractivity contribution in [3.8, 4) is 23.0 Å². The van der Waals surface area contributed by atoms with Crippen molar-refractivity contribution in [1.82, 2.24) is 0 Å². The molecule has 0 bridgehead atoms. The number of aromatic carboxylic acids is 2. The van der Waals surface area contributed by atoms with Crippen LogP contribution in [0.15, 0.2) is 146 Å². The van der Waals surface area contributed by atoms with E-state index in [1.54, 1.807) is 55.5 Å². The van der Waals surface area contributed by atoms with Gasteiger partial charge in [0.05, 0.1) is 97.9 Å². The van der Waals surface area contributed by atoms with E-state index in [0.717, 1.165) is 0 Å². The minimum absolute atomic E-state index is 0.0478. The van der Waals surface area contributed by atoms with Gasteiger partial charge in [-0.1, -0.05) is 129 Å². The maximum Gasteiger partial charge on any atom is 0.338 e. The van der Waals surface area contributed by atoms with Gasteiger partial charge in [0.1, 0.15) is 0 Å². The molecule has 94 heavy (non-hydrogen) atoms. The topological polar surface area (TPSA) is 280 Å². The third kappa shape index (κ3) is 25.3. The van der Waals surface area contributed by atoms with E-state index in [1.807, 2.05) is 13.8 Å². The molecule has 0 spiro atoms. The Balaban J connectivity index is 0.000000315. The Labute approximate surface area is 585 Å². The highest BCUT2D eigenvalue weighted by Gasteiger charge is 2.18. The fourth-order valence-corrected chi connectivity index (χ4v) is 10.1. The van der Waals surface area contributed by atoms with Crippen molar-refractivity contribution in [2.45, 2.75) is 40.0 Å². The highest BCUT2D eigenvalue weighted by Crippen LogP contribution is 2.37. The summed E-state index contributed by atoms with van der Waals surface area (Å²) >= 11 is 52.3. The zero-order chi connectivity index (χ0) is 71.2. The predicted molar refractivity (Wildman–Crippen MR) is 364 cm³/mol. The Morgan fingerprint density at radius 2 is 0.681 bits per heavy atom. The van der Waals surface area contributed by atoms with Gasteiger partial charge in [0.2, 0.25) is 0 Å². The van der Waals surface area contributed by atoms with Gasteiger partial charge in [-0.05, 0) is 158 Å². The minimum atomic E-state index is -1.05. The lowest BCUT2D eigenvalue weighted by Crippen LogP contribution is -2.07. The number of nitrogens with two attached hydrogens (primary N) is 1. The van der Waals surface area contributed by atoms with Crippen LogP contribution in [-0.4, -0.2) is 101 Å². The van der Waals surface area contributed by atoms with Crippen LogP contribution in [0.25, 0.3) is 0 Å². The smallest absolute Gasteiger partial charge is 0.338 e. The number of Topliss-reactive ketones (excluding diaryl/α,β-unsaturated/α-hetero) is 3. The largest absolute Gasteiger partial charge is 0.505 e. The van der Waals surface area contributed by atoms with Gasteiger partial charge >= 0.3 is 23.9 Å². The molecule has 0 aliphatic rings. The van der Waals surface area contributed by atoms with Gasteiger partial charge in [-0.15, -0.1) is 0 Å². The number of nitrogen functional groups attached to an aromatic ring is 1. The van der Waals surface area contributed by atoms with Crippen LogP contribution in [0.2, 0.25) is 40.2 Å². The van der Waals surface area contributed by atoms with Gasteiger partial charge in [-0.2, -0.15) is 0 Å². The van der Waals surface area contributed by atoms with E-state index in [-0.39, 0.29) is 79.3 Å². The number of methoxy groups -OCH3 is 1. The van der Waals surface area contributed by atoms with Crippen molar-refractivity contribution in [1.29, 1.82) is 0 Å². The van der Waals surface area contributed by atoms with Gasteiger partial charge in [0, 0.05) is 47.2 Å². The van der Waals surface area contributed by atoms with Crippen molar-refractivity contribution >= 4 is 157 Å². The summed E-state index contributed by atoms with van der Waals surface area (Å²) in [6.45, 7) is 6.59. The van der Waals surface area contributed by atoms with Crippen molar-refractivity contribution in [2.75, 3.05) is 39.8 Å². The van der Waals surface area contributed by atoms with Crippen molar-refractivity contribution in [3.63, 3.8) is 0 Å². The lowest BCUT2D eigenvalue weighted by atomic mass is 10.0. The maximum absolute atomic E-state index is 12.4. The number of carbonyl (C=O) groups is 8. The molecule has 6 N–H and O–H groups in total. The maximum atomic E-state index is 12.4. The number of carboxylic acid groups (broad SMARTS) is 2. The van der Waals surface area contributed by atoms with Gasteiger partial charge < -0.3 is 45.1 Å². The van der Waals surface area contributed by atoms with Crippen LogP contribution in [0, 0.1) is 0 Å². The Hall–Kier alpha value is -8.14. The monoisotopic (exact) mass is 1470 g/mol. The number of carboxylic acids is 2. The van der Waals surface area contributed by atoms with E-state index >= 15 is 0 Å². The highest BCUT2D eigenvalue weighted by molar-refractivity contribution is 6.67. The van der Waals surface area contributed by atoms with Crippen LogP contribution < -0.4 is 15.2 Å². The molecule has 0 atom stereocenters. The average Bonchev–Trinajstić information content (AvgIpc) is 1.18. The number of hydrogen-bond acceptors (Lipinski definition) is 15. The zero-order valence-electron chi connectivity index (χ0n) is 50.9. The molecule has 27 heteroatoms. The molecule has 0 saturated heterocycles. The fourth-order valence-electron chi connectivity index (χ4n) is 7.62. The summed E-state index contributed by atoms with van der Waals surface area (Å²) in [4.78, 5) is 91.6. The molecule has 0 fully saturated rings. The van der Waals surface area contributed by atoms with Gasteiger partial charge in [-0.25, -0.2) is 19.2 Å². The second-order valence-corrected chi connectivity index (χ2v) is 22.2. The van der Waals surface area contributed by atoms with Gasteiger partial charge in [0.15, 0.2) is 40.3 Å². The first-order chi connectivity index (χ1) is 44.9. The van der Waals surface area contributed by atoms with Crippen LogP contribution in [0.1, 0.15) is 122 Å². The number of alkyl halides is 1. The van der Waals surface area contributed by atoms with E-state index in [9.17, 15) is 47.9 Å². The van der Waals surface area contributed by atoms with Crippen molar-refractivity contribution in [2.24, 2.45) is 0 Å². The fraction of sp³-hybridized carbons (Fsp3) is 0.164. The van der Waals surface area contributed by atoms with Crippen molar-refractivity contribution in [3.05, 3.63) is 247 Å². The minimum Gasteiger partial charge on any atom is -0.505 e. The highest BCUT2D eigenvalue weighted by atomic mass is 35.5. The summed E-state index contributed by atoms with van der Waals surface area (Å²) in [7, 11) is 0.295. The Morgan fingerprint density at radius 3 is 0.947 bits per heavy atom. The number of anilines is 1. The van der Waals surface area contributed by atoms with E-state index in [0.29, 0.717) is 107 Å². The van der Waals surface area contributed by atoms with Crippen LogP contribution in [0.3, 0.4) is 0 Å². The standard InChI is InChI=1S/C19H18Cl2O4.C17H14Cl2O4.C15H10Cl2O4.C9H7ClO3.C6H5Cl2NO.CH3F/c1-3-24-18-15(20)9-12(10-16(18)21)11-17(22)13-5-7-14(8-6-13)19(23)25-4-2;1-2-23-16-13(18)7-10(8-14(16)19)9-15(20)11-3-5-12(6-4-11)17(21)22;16-11-5-8(6-12(17)14(11)19)7-13(18)9-1-3-10(4-2-9)15(20)21;1-13-9(12)7-4-2-6(3-5-7)8(10)11;7-4-1-3(9)2-5(8)6(4)10;1-2/h5-10H,3-4,11H2,1-2H3;3-8H,2,9H2,1H3,(H,21,22);1-6,19H,7H2,(H,20,21);2-5H,1H3;1-2,10H,9H2;1H3/i;;;;;1D. The molecular formula is C67H57Cl9FNO16. The summed E-state index contributed by atoms with van der Waals surface area (Å²) in [6, 6.07) is 36.1. The molecule has 8 aromatic carbocycles. The molecule has 8 aromatic rings. The Kier molecular flexibility index (Phi) is 33.5. The molecule has 0 aromatic heterocycles. The quantitative estimate of drug-likeness (QED) is 0.0165. The molecule has 0 amide bonds. The number of phenols is 2. The van der Waals surface area contributed by atoms with Crippen LogP contribution in [0.4, 0.5) is 10.1 Å². The van der Waals surface area contributed by atoms with E-state index in [1.165, 1.54) is 104 Å². The lowest BCUT2D eigenvalue weighted by molar-refractivity contribution is 0.0523. The lowest BCUT2D eigenvalue weighted by Gasteiger charge is -2.10. The number of esters is 2. The molecule has 0 aliphatic heterocycles. The number of carbonyl (C=O) groups excluding carboxylic acids is 6. The van der Waals surface area contributed by atoms with Crippen LogP contribution >= 0.6 is 104 Å². The number of hydrogen-bond donors (Lipinski definition) is 5. The molecule has 17 nitrogen and oxygen atoms in total. The molecular weight excluding hydrogens is 1410 g/mol. The van der Waals surface area contributed by atoms with Crippen LogP contribution in [-0.2, 0) is 28.7 Å². The summed E-state index contributed by atoms with van der Waals surface area (Å²) in [5.41, 5.74) is 10.4. The molecule has 496 valence electrons. The van der Waals surface area contributed by atoms with Crippen molar-refractivity contribution < 1.29 is 83.5 Å². The molecule has 0 radical (unpaired) electrons. The molecule has 0 unspecified atom stereocenters. The predicted octanol–water partition coefficient (Wildman–Crippen LogP) is 18.1. The SMILES string of the molecule is CCOC(=O)c1ccc(C(=O)Cc2cc(Cl)c(OCC)c(Cl)c2)cc1.CCOc1c(Cl)cc(CC(=O)c2ccc(C(=O)O)cc2)cc1Cl.COC(=O)c1ccc(C(=O)Cl)cc1.Nc1cc(Cl)c(O)c(Cl)c1.O=C(O)c1ccc(C(=O)Cc2cc(Cl)c(O)c(Cl)c2)cc1.[2H]CF.